The average Bonchev–Trinajstić information content (AvgIpc) is 2.31. The molecule has 0 amide bonds. The molecule has 0 saturated carbocycles. The lowest BCUT2D eigenvalue weighted by atomic mass is 10.4. The molecule has 15 heavy (non-hydrogen) atoms. The van der Waals surface area contributed by atoms with Crippen molar-refractivity contribution in [2.75, 3.05) is 24.6 Å². The first kappa shape index (κ1) is 11.4. The Labute approximate surface area is 89.0 Å². The van der Waals surface area contributed by atoms with Crippen LogP contribution < -0.4 is 4.90 Å². The SMILES string of the molecule is CCN(CCCO)c1cnc(C#N)cn1. The molecule has 1 N–H and O–H groups in total. The summed E-state index contributed by atoms with van der Waals surface area (Å²) < 4.78 is 0. The molecule has 0 aliphatic heterocycles. The predicted octanol–water partition coefficient (Wildman–Crippen LogP) is 0.557. The molecule has 5 nitrogen and oxygen atoms in total. The van der Waals surface area contributed by atoms with Crippen LogP contribution in [0.4, 0.5) is 5.82 Å². The number of anilines is 1. The van der Waals surface area contributed by atoms with Crippen molar-refractivity contribution in [3.05, 3.63) is 18.1 Å². The van der Waals surface area contributed by atoms with Crippen molar-refractivity contribution in [2.24, 2.45) is 0 Å². The van der Waals surface area contributed by atoms with Gasteiger partial charge in [0.05, 0.1) is 12.4 Å². The Balaban J connectivity index is 2.70. The molecule has 1 heterocycles. The largest absolute Gasteiger partial charge is 0.396 e. The van der Waals surface area contributed by atoms with Gasteiger partial charge >= 0.3 is 0 Å². The van der Waals surface area contributed by atoms with Crippen molar-refractivity contribution in [1.29, 1.82) is 5.26 Å². The van der Waals surface area contributed by atoms with E-state index in [0.29, 0.717) is 12.1 Å². The average molecular weight is 206 g/mol. The number of rotatable bonds is 5. The Morgan fingerprint density at radius 1 is 1.47 bits per heavy atom. The number of nitrogens with zero attached hydrogens (tertiary/aromatic N) is 4. The predicted molar refractivity (Wildman–Crippen MR) is 56.3 cm³/mol. The molecule has 0 atom stereocenters. The van der Waals surface area contributed by atoms with Gasteiger partial charge < -0.3 is 10.0 Å². The van der Waals surface area contributed by atoms with Crippen molar-refractivity contribution in [1.82, 2.24) is 9.97 Å². The number of hydrogen-bond donors (Lipinski definition) is 1. The Hall–Kier alpha value is -1.67. The topological polar surface area (TPSA) is 73.0 Å². The van der Waals surface area contributed by atoms with Crippen LogP contribution in [0.15, 0.2) is 12.4 Å². The first-order chi connectivity index (χ1) is 7.31. The second-order valence-electron chi connectivity index (χ2n) is 3.03. The Morgan fingerprint density at radius 2 is 2.27 bits per heavy atom. The number of aromatic nitrogens is 2. The van der Waals surface area contributed by atoms with Gasteiger partial charge in [-0.1, -0.05) is 0 Å². The Morgan fingerprint density at radius 3 is 2.73 bits per heavy atom. The fraction of sp³-hybridized carbons (Fsp3) is 0.500. The van der Waals surface area contributed by atoms with Gasteiger partial charge in [-0.15, -0.1) is 0 Å². The highest BCUT2D eigenvalue weighted by Gasteiger charge is 2.05. The summed E-state index contributed by atoms with van der Waals surface area (Å²) >= 11 is 0. The molecule has 1 aromatic heterocycles. The van der Waals surface area contributed by atoms with Crippen LogP contribution in [0.5, 0.6) is 0 Å². The second-order valence-corrected chi connectivity index (χ2v) is 3.03. The fourth-order valence-electron chi connectivity index (χ4n) is 1.24. The highest BCUT2D eigenvalue weighted by molar-refractivity contribution is 5.36. The maximum atomic E-state index is 8.73. The van der Waals surface area contributed by atoms with Gasteiger partial charge in [-0.3, -0.25) is 0 Å². The number of aliphatic hydroxyl groups excluding tert-OH is 1. The number of hydrogen-bond acceptors (Lipinski definition) is 5. The van der Waals surface area contributed by atoms with E-state index < -0.39 is 0 Å². The molecule has 0 radical (unpaired) electrons. The van der Waals surface area contributed by atoms with E-state index in [4.69, 9.17) is 10.4 Å². The lowest BCUT2D eigenvalue weighted by molar-refractivity contribution is 0.289. The quantitative estimate of drug-likeness (QED) is 0.762. The smallest absolute Gasteiger partial charge is 0.158 e. The van der Waals surface area contributed by atoms with Crippen LogP contribution >= 0.6 is 0 Å². The second kappa shape index (κ2) is 5.94. The highest BCUT2D eigenvalue weighted by atomic mass is 16.3. The molecule has 0 aliphatic carbocycles. The molecule has 5 heteroatoms. The zero-order chi connectivity index (χ0) is 11.1. The van der Waals surface area contributed by atoms with Crippen molar-refractivity contribution >= 4 is 5.82 Å². The van der Waals surface area contributed by atoms with E-state index in [0.717, 1.165) is 18.9 Å². The van der Waals surface area contributed by atoms with Crippen LogP contribution in [0.3, 0.4) is 0 Å². The molecule has 0 unspecified atom stereocenters. The monoisotopic (exact) mass is 206 g/mol. The molecule has 0 fully saturated rings. The number of aliphatic hydroxyl groups is 1. The summed E-state index contributed by atoms with van der Waals surface area (Å²) in [5.74, 6) is 0.741. The Bertz CT molecular complexity index is 330. The zero-order valence-corrected chi connectivity index (χ0v) is 8.72. The van der Waals surface area contributed by atoms with E-state index in [2.05, 4.69) is 9.97 Å². The summed E-state index contributed by atoms with van der Waals surface area (Å²) in [6.07, 6.45) is 3.74. The van der Waals surface area contributed by atoms with E-state index in [1.165, 1.54) is 6.20 Å². The minimum atomic E-state index is 0.167. The van der Waals surface area contributed by atoms with Gasteiger partial charge in [0.1, 0.15) is 11.9 Å². The van der Waals surface area contributed by atoms with Crippen molar-refractivity contribution in [3.8, 4) is 6.07 Å². The van der Waals surface area contributed by atoms with E-state index in [9.17, 15) is 0 Å². The molecule has 1 aromatic rings. The van der Waals surface area contributed by atoms with Crippen LogP contribution in [0, 0.1) is 11.3 Å². The molecule has 0 aromatic carbocycles. The summed E-state index contributed by atoms with van der Waals surface area (Å²) in [4.78, 5) is 10.1. The van der Waals surface area contributed by atoms with Crippen LogP contribution in [0.2, 0.25) is 0 Å². The summed E-state index contributed by atoms with van der Waals surface area (Å²) in [5.41, 5.74) is 0.317. The van der Waals surface area contributed by atoms with Gasteiger partial charge in [-0.05, 0) is 13.3 Å². The summed E-state index contributed by atoms with van der Waals surface area (Å²) in [6.45, 7) is 3.73. The van der Waals surface area contributed by atoms with Gasteiger partial charge in [-0.2, -0.15) is 5.26 Å². The van der Waals surface area contributed by atoms with Crippen molar-refractivity contribution < 1.29 is 5.11 Å². The summed E-state index contributed by atoms with van der Waals surface area (Å²) in [6, 6.07) is 1.92. The molecule has 80 valence electrons. The lowest BCUT2D eigenvalue weighted by Gasteiger charge is -2.20. The first-order valence-corrected chi connectivity index (χ1v) is 4.89. The van der Waals surface area contributed by atoms with Crippen LogP contribution in [0.25, 0.3) is 0 Å². The van der Waals surface area contributed by atoms with E-state index in [1.54, 1.807) is 6.20 Å². The lowest BCUT2D eigenvalue weighted by Crippen LogP contribution is -2.25. The molecular weight excluding hydrogens is 192 g/mol. The minimum absolute atomic E-state index is 0.167. The molecule has 1 rings (SSSR count). The molecule has 0 spiro atoms. The van der Waals surface area contributed by atoms with E-state index in [-0.39, 0.29) is 6.61 Å². The van der Waals surface area contributed by atoms with Crippen LogP contribution in [-0.2, 0) is 0 Å². The summed E-state index contributed by atoms with van der Waals surface area (Å²) in [5, 5.41) is 17.3. The maximum Gasteiger partial charge on any atom is 0.158 e. The van der Waals surface area contributed by atoms with E-state index >= 15 is 0 Å². The third-order valence-electron chi connectivity index (χ3n) is 2.04. The van der Waals surface area contributed by atoms with Gasteiger partial charge in [0.25, 0.3) is 0 Å². The third kappa shape index (κ3) is 3.18. The van der Waals surface area contributed by atoms with Crippen molar-refractivity contribution in [2.45, 2.75) is 13.3 Å². The normalized spacial score (nSPS) is 9.67. The fourth-order valence-corrected chi connectivity index (χ4v) is 1.24. The van der Waals surface area contributed by atoms with Crippen molar-refractivity contribution in [3.63, 3.8) is 0 Å². The van der Waals surface area contributed by atoms with E-state index in [1.807, 2.05) is 17.9 Å². The first-order valence-electron chi connectivity index (χ1n) is 4.89. The Kier molecular flexibility index (Phi) is 4.51. The standard InChI is InChI=1S/C10H14N4O/c1-2-14(4-3-5-15)10-8-12-9(6-11)7-13-10/h7-8,15H,2-5H2,1H3. The maximum absolute atomic E-state index is 8.73. The third-order valence-corrected chi connectivity index (χ3v) is 2.04. The number of nitriles is 1. The van der Waals surface area contributed by atoms with Gasteiger partial charge in [0.2, 0.25) is 0 Å². The van der Waals surface area contributed by atoms with Crippen LogP contribution in [-0.4, -0.2) is 34.8 Å². The minimum Gasteiger partial charge on any atom is -0.396 e. The highest BCUT2D eigenvalue weighted by Crippen LogP contribution is 2.08. The van der Waals surface area contributed by atoms with Crippen LogP contribution in [0.1, 0.15) is 19.0 Å². The molecule has 0 saturated heterocycles. The van der Waals surface area contributed by atoms with Gasteiger partial charge in [-0.25, -0.2) is 9.97 Å². The summed E-state index contributed by atoms with van der Waals surface area (Å²) in [7, 11) is 0. The zero-order valence-electron chi connectivity index (χ0n) is 8.72. The molecular formula is C10H14N4O. The van der Waals surface area contributed by atoms with Gasteiger partial charge in [0, 0.05) is 19.7 Å². The molecule has 0 bridgehead atoms. The van der Waals surface area contributed by atoms with Gasteiger partial charge in [0.15, 0.2) is 5.69 Å². The molecule has 0 aliphatic rings.